The van der Waals surface area contributed by atoms with Crippen molar-refractivity contribution in [3.63, 3.8) is 0 Å². The van der Waals surface area contributed by atoms with Crippen LogP contribution in [0.1, 0.15) is 41.1 Å². The Morgan fingerprint density at radius 3 is 2.52 bits per heavy atom. The summed E-state index contributed by atoms with van der Waals surface area (Å²) in [4.78, 5) is 36.5. The van der Waals surface area contributed by atoms with E-state index in [1.54, 1.807) is 13.8 Å². The summed E-state index contributed by atoms with van der Waals surface area (Å²) in [5.74, 6) is -1.96. The summed E-state index contributed by atoms with van der Waals surface area (Å²) < 4.78 is 4.78. The van der Waals surface area contributed by atoms with E-state index in [0.29, 0.717) is 10.6 Å². The van der Waals surface area contributed by atoms with Crippen LogP contribution in [0.25, 0.3) is 0 Å². The Bertz CT molecular complexity index is 592. The van der Waals surface area contributed by atoms with Crippen LogP contribution in [0.3, 0.4) is 0 Å². The molecule has 0 fully saturated rings. The molecule has 2 N–H and O–H groups in total. The maximum atomic E-state index is 11.9. The number of amides is 2. The number of hydrogen-bond acceptors (Lipinski definition) is 5. The van der Waals surface area contributed by atoms with Gasteiger partial charge in [-0.2, -0.15) is 0 Å². The lowest BCUT2D eigenvalue weighted by molar-refractivity contribution is -0.136. The minimum Gasteiger partial charge on any atom is -0.465 e. The monoisotopic (exact) mass is 310 g/mol. The minimum atomic E-state index is -0.770. The Balaban J connectivity index is 2.22. The predicted octanol–water partition coefficient (Wildman–Crippen LogP) is 1.49. The van der Waals surface area contributed by atoms with E-state index in [1.165, 1.54) is 18.4 Å². The van der Waals surface area contributed by atoms with Crippen molar-refractivity contribution in [1.82, 2.24) is 5.32 Å². The summed E-state index contributed by atoms with van der Waals surface area (Å²) in [5, 5.41) is 5.44. The van der Waals surface area contributed by atoms with Crippen molar-refractivity contribution in [2.75, 3.05) is 12.4 Å². The average molecular weight is 310 g/mol. The lowest BCUT2D eigenvalue weighted by atomic mass is 10.1. The van der Waals surface area contributed by atoms with Crippen molar-refractivity contribution >= 4 is 34.1 Å². The third kappa shape index (κ3) is 3.24. The summed E-state index contributed by atoms with van der Waals surface area (Å²) >= 11 is 1.34. The maximum absolute atomic E-state index is 11.9. The molecule has 6 nitrogen and oxygen atoms in total. The largest absolute Gasteiger partial charge is 0.465 e. The highest BCUT2D eigenvalue weighted by molar-refractivity contribution is 7.17. The van der Waals surface area contributed by atoms with Gasteiger partial charge in [-0.05, 0) is 38.7 Å². The first-order valence-electron chi connectivity index (χ1n) is 6.78. The maximum Gasteiger partial charge on any atom is 0.341 e. The Labute approximate surface area is 126 Å². The van der Waals surface area contributed by atoms with Crippen molar-refractivity contribution in [1.29, 1.82) is 0 Å². The Morgan fingerprint density at radius 1 is 1.19 bits per heavy atom. The normalized spacial score (nSPS) is 13.0. The molecule has 21 heavy (non-hydrogen) atoms. The van der Waals surface area contributed by atoms with Gasteiger partial charge in [0.1, 0.15) is 5.00 Å². The van der Waals surface area contributed by atoms with Gasteiger partial charge in [0.25, 0.3) is 0 Å². The van der Waals surface area contributed by atoms with Crippen molar-refractivity contribution in [2.45, 2.75) is 39.2 Å². The molecule has 1 heterocycles. The van der Waals surface area contributed by atoms with Gasteiger partial charge in [-0.3, -0.25) is 9.59 Å². The van der Waals surface area contributed by atoms with Gasteiger partial charge < -0.3 is 15.4 Å². The Kier molecular flexibility index (Phi) is 4.62. The number of ether oxygens (including phenoxy) is 1. The second kappa shape index (κ2) is 6.26. The van der Waals surface area contributed by atoms with Crippen LogP contribution in [0.5, 0.6) is 0 Å². The van der Waals surface area contributed by atoms with Crippen LogP contribution in [0.4, 0.5) is 5.00 Å². The van der Waals surface area contributed by atoms with Crippen molar-refractivity contribution < 1.29 is 19.1 Å². The summed E-state index contributed by atoms with van der Waals surface area (Å²) in [5.41, 5.74) is 1.33. The number of hydrogen-bond donors (Lipinski definition) is 2. The highest BCUT2D eigenvalue weighted by Gasteiger charge is 2.29. The fourth-order valence-electron chi connectivity index (χ4n) is 2.30. The van der Waals surface area contributed by atoms with Crippen molar-refractivity contribution in [2.24, 2.45) is 0 Å². The number of fused-ring (bicyclic) bond motifs is 1. The molecule has 0 bridgehead atoms. The van der Waals surface area contributed by atoms with Gasteiger partial charge in [0.2, 0.25) is 0 Å². The first-order valence-corrected chi connectivity index (χ1v) is 7.60. The second-order valence-corrected chi connectivity index (χ2v) is 6.24. The number of nitrogens with one attached hydrogen (secondary N) is 2. The first-order chi connectivity index (χ1) is 9.93. The Hall–Kier alpha value is -1.89. The van der Waals surface area contributed by atoms with Crippen LogP contribution in [0.2, 0.25) is 0 Å². The molecule has 0 aromatic carbocycles. The van der Waals surface area contributed by atoms with E-state index >= 15 is 0 Å². The summed E-state index contributed by atoms with van der Waals surface area (Å²) in [6, 6.07) is -0.128. The van der Waals surface area contributed by atoms with Crippen molar-refractivity contribution in [3.8, 4) is 0 Å². The van der Waals surface area contributed by atoms with E-state index in [1.807, 2.05) is 0 Å². The van der Waals surface area contributed by atoms with E-state index in [-0.39, 0.29) is 6.04 Å². The van der Waals surface area contributed by atoms with Crippen LogP contribution in [0, 0.1) is 0 Å². The number of esters is 1. The molecular weight excluding hydrogens is 292 g/mol. The summed E-state index contributed by atoms with van der Waals surface area (Å²) in [7, 11) is 1.30. The first kappa shape index (κ1) is 15.5. The Morgan fingerprint density at radius 2 is 1.90 bits per heavy atom. The highest BCUT2D eigenvalue weighted by atomic mass is 32.1. The smallest absolute Gasteiger partial charge is 0.341 e. The second-order valence-electron chi connectivity index (χ2n) is 5.14. The van der Waals surface area contributed by atoms with Crippen LogP contribution in [-0.4, -0.2) is 30.9 Å². The van der Waals surface area contributed by atoms with E-state index in [4.69, 9.17) is 4.74 Å². The molecule has 0 radical (unpaired) electrons. The number of aryl methyl sites for hydroxylation is 1. The van der Waals surface area contributed by atoms with Crippen molar-refractivity contribution in [3.05, 3.63) is 16.0 Å². The van der Waals surface area contributed by atoms with Gasteiger partial charge in [-0.15, -0.1) is 11.3 Å². The zero-order chi connectivity index (χ0) is 15.6. The fourth-order valence-corrected chi connectivity index (χ4v) is 3.57. The van der Waals surface area contributed by atoms with Gasteiger partial charge in [0, 0.05) is 10.9 Å². The molecule has 7 heteroatoms. The van der Waals surface area contributed by atoms with Crippen LogP contribution in [-0.2, 0) is 27.2 Å². The highest BCUT2D eigenvalue weighted by Crippen LogP contribution is 2.39. The molecule has 1 aromatic heterocycles. The summed E-state index contributed by atoms with van der Waals surface area (Å²) in [6.45, 7) is 3.54. The molecule has 0 aliphatic heterocycles. The standard InChI is InChI=1S/C14H18N2O4S/c1-7(2)15-11(17)12(18)16-13-10(14(19)20-3)8-5-4-6-9(8)21-13/h7H,4-6H2,1-3H3,(H,15,17)(H,16,18). The van der Waals surface area contributed by atoms with Gasteiger partial charge in [0.05, 0.1) is 12.7 Å². The quantitative estimate of drug-likeness (QED) is 0.654. The molecule has 1 aromatic rings. The SMILES string of the molecule is COC(=O)c1c(NC(=O)C(=O)NC(C)C)sc2c1CCC2. The van der Waals surface area contributed by atoms with Crippen LogP contribution < -0.4 is 10.6 Å². The molecule has 1 aliphatic carbocycles. The van der Waals surface area contributed by atoms with Gasteiger partial charge in [-0.25, -0.2) is 4.79 Å². The zero-order valence-electron chi connectivity index (χ0n) is 12.2. The zero-order valence-corrected chi connectivity index (χ0v) is 13.1. The molecule has 114 valence electrons. The molecular formula is C14H18N2O4S. The molecule has 0 unspecified atom stereocenters. The number of carbonyl (C=O) groups is 3. The van der Waals surface area contributed by atoms with Crippen LogP contribution in [0.15, 0.2) is 0 Å². The van der Waals surface area contributed by atoms with Gasteiger partial charge in [0.15, 0.2) is 0 Å². The molecule has 0 saturated carbocycles. The third-order valence-corrected chi connectivity index (χ3v) is 4.37. The molecule has 2 amide bonds. The van der Waals surface area contributed by atoms with Crippen LogP contribution >= 0.6 is 11.3 Å². The lowest BCUT2D eigenvalue weighted by Gasteiger charge is -2.09. The van der Waals surface area contributed by atoms with E-state index in [2.05, 4.69) is 10.6 Å². The molecule has 0 atom stereocenters. The lowest BCUT2D eigenvalue weighted by Crippen LogP contribution is -2.39. The number of carbonyl (C=O) groups excluding carboxylic acids is 3. The topological polar surface area (TPSA) is 84.5 Å². The molecule has 0 spiro atoms. The number of methoxy groups -OCH3 is 1. The molecule has 2 rings (SSSR count). The summed E-state index contributed by atoms with van der Waals surface area (Å²) in [6.07, 6.45) is 2.68. The van der Waals surface area contributed by atoms with Gasteiger partial charge in [-0.1, -0.05) is 0 Å². The van der Waals surface area contributed by atoms with E-state index in [9.17, 15) is 14.4 Å². The average Bonchev–Trinajstić information content (AvgIpc) is 2.97. The van der Waals surface area contributed by atoms with Gasteiger partial charge >= 0.3 is 17.8 Å². The number of thiophene rings is 1. The van der Waals surface area contributed by atoms with E-state index in [0.717, 1.165) is 29.7 Å². The minimum absolute atomic E-state index is 0.128. The fraction of sp³-hybridized carbons (Fsp3) is 0.500. The third-order valence-electron chi connectivity index (χ3n) is 3.16. The number of anilines is 1. The number of rotatable bonds is 3. The van der Waals surface area contributed by atoms with E-state index < -0.39 is 17.8 Å². The molecule has 0 saturated heterocycles. The predicted molar refractivity (Wildman–Crippen MR) is 79.6 cm³/mol. The molecule has 1 aliphatic rings.